The molecule has 0 fully saturated rings. The van der Waals surface area contributed by atoms with Gasteiger partial charge < -0.3 is 20.4 Å². The van der Waals surface area contributed by atoms with Crippen LogP contribution >= 0.6 is 11.6 Å². The summed E-state index contributed by atoms with van der Waals surface area (Å²) in [5.41, 5.74) is 6.57. The predicted octanol–water partition coefficient (Wildman–Crippen LogP) is 5.27. The van der Waals surface area contributed by atoms with Gasteiger partial charge in [-0.1, -0.05) is 60.7 Å². The Kier molecular flexibility index (Phi) is 5.37. The van der Waals surface area contributed by atoms with Crippen LogP contribution in [0.3, 0.4) is 0 Å². The minimum Gasteiger partial charge on any atom is -0.373 e. The van der Waals surface area contributed by atoms with Gasteiger partial charge in [0.05, 0.1) is 30.2 Å². The third-order valence-electron chi connectivity index (χ3n) is 5.49. The highest BCUT2D eigenvalue weighted by atomic mass is 35.5. The summed E-state index contributed by atoms with van der Waals surface area (Å²) in [4.78, 5) is 16.4. The Bertz CT molecular complexity index is 1220. The summed E-state index contributed by atoms with van der Waals surface area (Å²) in [6, 6.07) is 23.8. The molecule has 6 heteroatoms. The molecule has 5 nitrogen and oxygen atoms in total. The first-order valence-corrected chi connectivity index (χ1v) is 10.8. The molecule has 31 heavy (non-hydrogen) atoms. The standard InChI is InChI=1S/C25H22ClN3O2/c26-13-16-9-11-18(12-10-16)23-24-22-19(7-4-8-20(22)27-23)25(30)29-21(28-24)15-31-14-17-5-2-1-3-6-17/h1-12,21,27-28H,13-15H2,(H,29,30)/t21-/m1/s1. The van der Waals surface area contributed by atoms with Crippen molar-refractivity contribution < 1.29 is 9.53 Å². The first-order valence-electron chi connectivity index (χ1n) is 10.2. The Balaban J connectivity index is 1.47. The molecule has 1 aromatic heterocycles. The maximum atomic E-state index is 12.9. The van der Waals surface area contributed by atoms with Crippen molar-refractivity contribution in [1.82, 2.24) is 10.3 Å². The predicted molar refractivity (Wildman–Crippen MR) is 124 cm³/mol. The number of ether oxygens (including phenoxy) is 1. The van der Waals surface area contributed by atoms with Crippen LogP contribution in [0.15, 0.2) is 72.8 Å². The van der Waals surface area contributed by atoms with Gasteiger partial charge in [-0.2, -0.15) is 0 Å². The summed E-state index contributed by atoms with van der Waals surface area (Å²) in [7, 11) is 0. The summed E-state index contributed by atoms with van der Waals surface area (Å²) >= 11 is 5.95. The lowest BCUT2D eigenvalue weighted by molar-refractivity contribution is 0.0834. The third kappa shape index (κ3) is 3.90. The molecule has 1 atom stereocenters. The van der Waals surface area contributed by atoms with Gasteiger partial charge in [-0.15, -0.1) is 11.6 Å². The van der Waals surface area contributed by atoms with E-state index in [2.05, 4.69) is 15.6 Å². The highest BCUT2D eigenvalue weighted by molar-refractivity contribution is 6.17. The number of aromatic amines is 1. The molecular weight excluding hydrogens is 410 g/mol. The maximum absolute atomic E-state index is 12.9. The second-order valence-electron chi connectivity index (χ2n) is 7.60. The second kappa shape index (κ2) is 8.46. The van der Waals surface area contributed by atoms with Gasteiger partial charge in [-0.25, -0.2) is 0 Å². The molecule has 0 bridgehead atoms. The number of alkyl halides is 1. The molecule has 0 unspecified atom stereocenters. The van der Waals surface area contributed by atoms with Crippen molar-refractivity contribution in [2.45, 2.75) is 18.7 Å². The van der Waals surface area contributed by atoms with E-state index in [-0.39, 0.29) is 12.1 Å². The lowest BCUT2D eigenvalue weighted by Gasteiger charge is -2.20. The van der Waals surface area contributed by atoms with E-state index >= 15 is 0 Å². The van der Waals surface area contributed by atoms with Gasteiger partial charge in [-0.05, 0) is 23.3 Å². The highest BCUT2D eigenvalue weighted by Gasteiger charge is 2.26. The maximum Gasteiger partial charge on any atom is 0.253 e. The number of aromatic nitrogens is 1. The zero-order valence-corrected chi connectivity index (χ0v) is 17.6. The molecule has 156 valence electrons. The van der Waals surface area contributed by atoms with Gasteiger partial charge in [0.1, 0.15) is 6.17 Å². The molecule has 2 heterocycles. The third-order valence-corrected chi connectivity index (χ3v) is 5.79. The monoisotopic (exact) mass is 431 g/mol. The summed E-state index contributed by atoms with van der Waals surface area (Å²) < 4.78 is 5.91. The Labute approximate surface area is 185 Å². The van der Waals surface area contributed by atoms with E-state index in [0.717, 1.165) is 39.0 Å². The minimum atomic E-state index is -0.358. The van der Waals surface area contributed by atoms with Crippen LogP contribution in [0, 0.1) is 0 Å². The van der Waals surface area contributed by atoms with Crippen molar-refractivity contribution in [2.24, 2.45) is 0 Å². The van der Waals surface area contributed by atoms with Crippen LogP contribution in [0.4, 0.5) is 5.69 Å². The number of anilines is 1. The summed E-state index contributed by atoms with van der Waals surface area (Å²) in [5, 5.41) is 7.44. The molecule has 0 saturated heterocycles. The van der Waals surface area contributed by atoms with Crippen LogP contribution in [0.2, 0.25) is 0 Å². The zero-order valence-electron chi connectivity index (χ0n) is 16.8. The van der Waals surface area contributed by atoms with Crippen LogP contribution in [0.25, 0.3) is 22.2 Å². The van der Waals surface area contributed by atoms with Gasteiger partial charge in [-0.3, -0.25) is 4.79 Å². The number of amides is 1. The van der Waals surface area contributed by atoms with Crippen molar-refractivity contribution in [2.75, 3.05) is 11.9 Å². The first-order chi connectivity index (χ1) is 15.2. The fourth-order valence-corrected chi connectivity index (χ4v) is 4.14. The topological polar surface area (TPSA) is 66.2 Å². The van der Waals surface area contributed by atoms with Crippen LogP contribution < -0.4 is 10.6 Å². The van der Waals surface area contributed by atoms with Gasteiger partial charge in [0.15, 0.2) is 0 Å². The van der Waals surface area contributed by atoms with E-state index in [1.807, 2.05) is 72.8 Å². The van der Waals surface area contributed by atoms with Gasteiger partial charge in [0.25, 0.3) is 5.91 Å². The van der Waals surface area contributed by atoms with Crippen LogP contribution in [-0.4, -0.2) is 23.7 Å². The van der Waals surface area contributed by atoms with E-state index in [4.69, 9.17) is 16.3 Å². The Morgan fingerprint density at radius 3 is 2.45 bits per heavy atom. The molecule has 1 aliphatic rings. The molecule has 0 saturated carbocycles. The van der Waals surface area contributed by atoms with Crippen molar-refractivity contribution in [1.29, 1.82) is 0 Å². The number of H-pyrrole nitrogens is 1. The average Bonchev–Trinajstić information content (AvgIpc) is 3.10. The SMILES string of the molecule is O=C1N[C@H](COCc2ccccc2)Nc2c(-c3ccc(CCl)cc3)[nH]c3cccc1c23. The van der Waals surface area contributed by atoms with Crippen LogP contribution in [0.5, 0.6) is 0 Å². The number of halogens is 1. The van der Waals surface area contributed by atoms with Gasteiger partial charge in [0.2, 0.25) is 0 Å². The van der Waals surface area contributed by atoms with Gasteiger partial charge in [0, 0.05) is 22.3 Å². The summed E-state index contributed by atoms with van der Waals surface area (Å²) in [6.45, 7) is 0.822. The molecule has 0 radical (unpaired) electrons. The molecule has 5 rings (SSSR count). The summed E-state index contributed by atoms with van der Waals surface area (Å²) in [6.07, 6.45) is -0.358. The number of carbonyl (C=O) groups excluding carboxylic acids is 1. The number of nitrogens with one attached hydrogen (secondary N) is 3. The number of hydrogen-bond donors (Lipinski definition) is 3. The number of carbonyl (C=O) groups is 1. The van der Waals surface area contributed by atoms with E-state index in [1.54, 1.807) is 0 Å². The van der Waals surface area contributed by atoms with Crippen LogP contribution in [0.1, 0.15) is 21.5 Å². The van der Waals surface area contributed by atoms with Crippen molar-refractivity contribution >= 4 is 34.1 Å². The van der Waals surface area contributed by atoms with Crippen molar-refractivity contribution in [3.8, 4) is 11.3 Å². The smallest absolute Gasteiger partial charge is 0.253 e. The number of rotatable bonds is 6. The normalized spacial score (nSPS) is 15.4. The molecule has 1 amide bonds. The highest BCUT2D eigenvalue weighted by Crippen LogP contribution is 2.38. The first kappa shape index (κ1) is 19.7. The zero-order chi connectivity index (χ0) is 21.2. The van der Waals surface area contributed by atoms with E-state index in [0.29, 0.717) is 24.7 Å². The number of hydrogen-bond acceptors (Lipinski definition) is 3. The molecule has 0 aliphatic carbocycles. The van der Waals surface area contributed by atoms with Crippen molar-refractivity contribution in [3.63, 3.8) is 0 Å². The minimum absolute atomic E-state index is 0.117. The van der Waals surface area contributed by atoms with Crippen LogP contribution in [-0.2, 0) is 17.2 Å². The number of benzene rings is 3. The molecule has 3 N–H and O–H groups in total. The molecule has 0 spiro atoms. The molecule has 1 aliphatic heterocycles. The Morgan fingerprint density at radius 2 is 1.68 bits per heavy atom. The summed E-state index contributed by atoms with van der Waals surface area (Å²) in [5.74, 6) is 0.356. The molecular formula is C25H22ClN3O2. The van der Waals surface area contributed by atoms with Crippen molar-refractivity contribution in [3.05, 3.63) is 89.5 Å². The second-order valence-corrected chi connectivity index (χ2v) is 7.87. The van der Waals surface area contributed by atoms with Gasteiger partial charge >= 0.3 is 0 Å². The van der Waals surface area contributed by atoms with E-state index < -0.39 is 0 Å². The van der Waals surface area contributed by atoms with E-state index in [1.165, 1.54) is 0 Å². The fraction of sp³-hybridized carbons (Fsp3) is 0.160. The lowest BCUT2D eigenvalue weighted by Crippen LogP contribution is -2.42. The molecule has 3 aromatic carbocycles. The van der Waals surface area contributed by atoms with E-state index in [9.17, 15) is 4.79 Å². The fourth-order valence-electron chi connectivity index (χ4n) is 3.96. The lowest BCUT2D eigenvalue weighted by atomic mass is 10.1. The average molecular weight is 432 g/mol. The Hall–Kier alpha value is -3.28. The quantitative estimate of drug-likeness (QED) is 0.364. The molecule has 4 aromatic rings. The Morgan fingerprint density at radius 1 is 0.871 bits per heavy atom. The largest absolute Gasteiger partial charge is 0.373 e.